The topological polar surface area (TPSA) is 69.3 Å². The molecule has 1 N–H and O–H groups in total. The molecule has 27 heavy (non-hydrogen) atoms. The lowest BCUT2D eigenvalue weighted by atomic mass is 10.1. The predicted molar refractivity (Wildman–Crippen MR) is 105 cm³/mol. The number of benzene rings is 2. The molecule has 0 spiro atoms. The van der Waals surface area contributed by atoms with Gasteiger partial charge in [-0.05, 0) is 37.2 Å². The van der Waals surface area contributed by atoms with Gasteiger partial charge in [0.1, 0.15) is 0 Å². The number of nitrogens with one attached hydrogen (secondary N) is 1. The molecule has 0 radical (unpaired) electrons. The number of likely N-dealkylation sites (N-methyl/N-ethyl adjacent to an activating group) is 1. The smallest absolute Gasteiger partial charge is 0.258 e. The lowest BCUT2D eigenvalue weighted by Crippen LogP contribution is -2.36. The minimum atomic E-state index is -0.192. The average molecular weight is 362 g/mol. The Bertz CT molecular complexity index is 1020. The SMILES string of the molecule is CN(Cc1ccccc1)C1CCN(C(=O)c2ccc3c(=O)[nH]cnc3c2)C1. The monoisotopic (exact) mass is 362 g/mol. The van der Waals surface area contributed by atoms with Crippen molar-refractivity contribution in [3.05, 3.63) is 76.3 Å². The van der Waals surface area contributed by atoms with Gasteiger partial charge in [-0.1, -0.05) is 30.3 Å². The molecule has 3 aromatic rings. The molecule has 0 saturated carbocycles. The first-order chi connectivity index (χ1) is 13.1. The molecule has 6 heteroatoms. The lowest BCUT2D eigenvalue weighted by molar-refractivity contribution is 0.0779. The van der Waals surface area contributed by atoms with Crippen molar-refractivity contribution >= 4 is 16.8 Å². The van der Waals surface area contributed by atoms with Crippen LogP contribution in [0.1, 0.15) is 22.3 Å². The molecule has 6 nitrogen and oxygen atoms in total. The van der Waals surface area contributed by atoms with Crippen LogP contribution in [0, 0.1) is 0 Å². The van der Waals surface area contributed by atoms with Crippen LogP contribution >= 0.6 is 0 Å². The van der Waals surface area contributed by atoms with Crippen LogP contribution in [0.3, 0.4) is 0 Å². The number of aromatic nitrogens is 2. The fraction of sp³-hybridized carbons (Fsp3) is 0.286. The third-order valence-corrected chi connectivity index (χ3v) is 5.24. The maximum atomic E-state index is 12.9. The van der Waals surface area contributed by atoms with Gasteiger partial charge in [-0.25, -0.2) is 4.98 Å². The predicted octanol–water partition coefficient (Wildman–Crippen LogP) is 2.27. The summed E-state index contributed by atoms with van der Waals surface area (Å²) in [6, 6.07) is 15.8. The number of amides is 1. The Morgan fingerprint density at radius 1 is 1.26 bits per heavy atom. The van der Waals surface area contributed by atoms with Crippen LogP contribution in [-0.2, 0) is 6.54 Å². The fourth-order valence-electron chi connectivity index (χ4n) is 3.67. The van der Waals surface area contributed by atoms with Gasteiger partial charge < -0.3 is 9.88 Å². The van der Waals surface area contributed by atoms with Crippen LogP contribution in [0.4, 0.5) is 0 Å². The normalized spacial score (nSPS) is 17.0. The molecule has 1 fully saturated rings. The number of hydrogen-bond donors (Lipinski definition) is 1. The Labute approximate surface area is 157 Å². The van der Waals surface area contributed by atoms with Gasteiger partial charge >= 0.3 is 0 Å². The van der Waals surface area contributed by atoms with E-state index in [2.05, 4.69) is 34.0 Å². The second-order valence-corrected chi connectivity index (χ2v) is 7.06. The van der Waals surface area contributed by atoms with E-state index in [-0.39, 0.29) is 11.5 Å². The second-order valence-electron chi connectivity index (χ2n) is 7.06. The molecule has 2 aromatic carbocycles. The van der Waals surface area contributed by atoms with E-state index < -0.39 is 0 Å². The number of carbonyl (C=O) groups is 1. The molecular formula is C21H22N4O2. The molecule has 1 aromatic heterocycles. The van der Waals surface area contributed by atoms with Gasteiger partial charge in [0, 0.05) is 31.2 Å². The summed E-state index contributed by atoms with van der Waals surface area (Å²) in [5, 5.41) is 0.496. The molecule has 1 aliphatic rings. The average Bonchev–Trinajstić information content (AvgIpc) is 3.18. The summed E-state index contributed by atoms with van der Waals surface area (Å²) in [5.74, 6) is -0.00501. The van der Waals surface area contributed by atoms with Gasteiger partial charge in [0.25, 0.3) is 11.5 Å². The van der Waals surface area contributed by atoms with Crippen LogP contribution in [0.2, 0.25) is 0 Å². The highest BCUT2D eigenvalue weighted by molar-refractivity contribution is 5.97. The maximum absolute atomic E-state index is 12.9. The summed E-state index contributed by atoms with van der Waals surface area (Å²) < 4.78 is 0. The second kappa shape index (κ2) is 7.32. The third kappa shape index (κ3) is 3.61. The summed E-state index contributed by atoms with van der Waals surface area (Å²) in [5.41, 5.74) is 2.20. The standard InChI is InChI=1S/C21H22N4O2/c1-24(12-15-5-3-2-4-6-15)17-9-10-25(13-17)21(27)16-7-8-18-19(11-16)22-14-23-20(18)26/h2-8,11,14,17H,9-10,12-13H2,1H3,(H,22,23,26). The van der Waals surface area contributed by atoms with Crippen molar-refractivity contribution in [1.29, 1.82) is 0 Å². The van der Waals surface area contributed by atoms with Crippen molar-refractivity contribution in [3.63, 3.8) is 0 Å². The number of aromatic amines is 1. The number of rotatable bonds is 4. The van der Waals surface area contributed by atoms with Crippen molar-refractivity contribution in [2.75, 3.05) is 20.1 Å². The molecular weight excluding hydrogens is 340 g/mol. The highest BCUT2D eigenvalue weighted by Gasteiger charge is 2.29. The third-order valence-electron chi connectivity index (χ3n) is 5.24. The molecule has 1 aliphatic heterocycles. The van der Waals surface area contributed by atoms with Gasteiger partial charge in [0.2, 0.25) is 0 Å². The van der Waals surface area contributed by atoms with Crippen LogP contribution in [0.5, 0.6) is 0 Å². The fourth-order valence-corrected chi connectivity index (χ4v) is 3.67. The zero-order valence-corrected chi connectivity index (χ0v) is 15.3. The summed E-state index contributed by atoms with van der Waals surface area (Å²) in [6.07, 6.45) is 2.32. The molecule has 1 atom stereocenters. The molecule has 0 bridgehead atoms. The molecule has 4 rings (SSSR count). The minimum Gasteiger partial charge on any atom is -0.337 e. The highest BCUT2D eigenvalue weighted by Crippen LogP contribution is 2.20. The summed E-state index contributed by atoms with van der Waals surface area (Å²) in [7, 11) is 2.11. The quantitative estimate of drug-likeness (QED) is 0.773. The number of likely N-dealkylation sites (tertiary alicyclic amines) is 1. The number of fused-ring (bicyclic) bond motifs is 1. The van der Waals surface area contributed by atoms with Crippen LogP contribution in [0.25, 0.3) is 10.9 Å². The van der Waals surface area contributed by atoms with Crippen molar-refractivity contribution in [2.45, 2.75) is 19.0 Å². The molecule has 1 saturated heterocycles. The van der Waals surface area contributed by atoms with Crippen molar-refractivity contribution in [2.24, 2.45) is 0 Å². The van der Waals surface area contributed by atoms with Crippen LogP contribution in [-0.4, -0.2) is 51.9 Å². The molecule has 0 aliphatic carbocycles. The van der Waals surface area contributed by atoms with E-state index in [1.165, 1.54) is 11.9 Å². The van der Waals surface area contributed by atoms with E-state index in [4.69, 9.17) is 0 Å². The first-order valence-electron chi connectivity index (χ1n) is 9.13. The van der Waals surface area contributed by atoms with Gasteiger partial charge in [-0.2, -0.15) is 0 Å². The van der Waals surface area contributed by atoms with Gasteiger partial charge in [-0.15, -0.1) is 0 Å². The summed E-state index contributed by atoms with van der Waals surface area (Å²) in [4.78, 5) is 35.6. The molecule has 138 valence electrons. The Kier molecular flexibility index (Phi) is 4.73. The van der Waals surface area contributed by atoms with Crippen LogP contribution < -0.4 is 5.56 Å². The zero-order valence-electron chi connectivity index (χ0n) is 15.3. The van der Waals surface area contributed by atoms with Gasteiger partial charge in [0.05, 0.1) is 17.2 Å². The van der Waals surface area contributed by atoms with Crippen molar-refractivity contribution in [3.8, 4) is 0 Å². The number of H-pyrrole nitrogens is 1. The Morgan fingerprint density at radius 2 is 2.07 bits per heavy atom. The van der Waals surface area contributed by atoms with Crippen LogP contribution in [0.15, 0.2) is 59.7 Å². The van der Waals surface area contributed by atoms with E-state index in [0.717, 1.165) is 19.5 Å². The number of nitrogens with zero attached hydrogens (tertiary/aromatic N) is 3. The lowest BCUT2D eigenvalue weighted by Gasteiger charge is -2.24. The minimum absolute atomic E-state index is 0.00501. The number of carbonyl (C=O) groups excluding carboxylic acids is 1. The van der Waals surface area contributed by atoms with E-state index in [1.807, 2.05) is 23.1 Å². The maximum Gasteiger partial charge on any atom is 0.258 e. The Balaban J connectivity index is 1.45. The largest absolute Gasteiger partial charge is 0.337 e. The van der Waals surface area contributed by atoms with Gasteiger partial charge in [-0.3, -0.25) is 14.5 Å². The Morgan fingerprint density at radius 3 is 2.89 bits per heavy atom. The Hall–Kier alpha value is -2.99. The molecule has 1 amide bonds. The molecule has 2 heterocycles. The van der Waals surface area contributed by atoms with Crippen molar-refractivity contribution < 1.29 is 4.79 Å². The first kappa shape index (κ1) is 17.4. The van der Waals surface area contributed by atoms with E-state index in [0.29, 0.717) is 29.1 Å². The number of hydrogen-bond acceptors (Lipinski definition) is 4. The van der Waals surface area contributed by atoms with Crippen molar-refractivity contribution in [1.82, 2.24) is 19.8 Å². The molecule has 1 unspecified atom stereocenters. The summed E-state index contributed by atoms with van der Waals surface area (Å²) >= 11 is 0. The zero-order chi connectivity index (χ0) is 18.8. The first-order valence-corrected chi connectivity index (χ1v) is 9.13. The van der Waals surface area contributed by atoms with Gasteiger partial charge in [0.15, 0.2) is 0 Å². The summed E-state index contributed by atoms with van der Waals surface area (Å²) in [6.45, 7) is 2.32. The highest BCUT2D eigenvalue weighted by atomic mass is 16.2. The van der Waals surface area contributed by atoms with E-state index >= 15 is 0 Å². The van der Waals surface area contributed by atoms with E-state index in [9.17, 15) is 9.59 Å². The van der Waals surface area contributed by atoms with E-state index in [1.54, 1.807) is 18.2 Å².